The molecule has 1 saturated heterocycles. The zero-order chi connectivity index (χ0) is 15.5. The average molecular weight is 300 g/mol. The summed E-state index contributed by atoms with van der Waals surface area (Å²) < 4.78 is 0. The van der Waals surface area contributed by atoms with E-state index in [1.165, 1.54) is 18.4 Å². The maximum absolute atomic E-state index is 12.5. The van der Waals surface area contributed by atoms with E-state index in [1.54, 1.807) is 0 Å². The number of carbonyl (C=O) groups is 1. The van der Waals surface area contributed by atoms with Gasteiger partial charge in [-0.1, -0.05) is 24.5 Å². The van der Waals surface area contributed by atoms with E-state index in [1.807, 2.05) is 19.2 Å². The summed E-state index contributed by atoms with van der Waals surface area (Å²) in [6, 6.07) is 6.16. The molecule has 0 saturated carbocycles. The molecule has 0 bridgehead atoms. The van der Waals surface area contributed by atoms with Crippen molar-refractivity contribution in [3.8, 4) is 0 Å². The highest BCUT2D eigenvalue weighted by atomic mass is 16.2. The standard InChI is InChI=1S/C17H24N4O/c1-12-7-8-14-13(10-12)15(20-19-14)11-18-17(22)16-6-4-3-5-9-21(16)2/h7-8,10,16H,3-6,9,11H2,1-2H3,(H,18,22)(H,19,20)/t16-/m0/s1. The summed E-state index contributed by atoms with van der Waals surface area (Å²) in [5.41, 5.74) is 3.12. The lowest BCUT2D eigenvalue weighted by Crippen LogP contribution is -2.44. The molecule has 1 amide bonds. The smallest absolute Gasteiger partial charge is 0.237 e. The molecule has 1 aromatic carbocycles. The van der Waals surface area contributed by atoms with Crippen molar-refractivity contribution in [2.75, 3.05) is 13.6 Å². The molecule has 5 nitrogen and oxygen atoms in total. The Balaban J connectivity index is 1.68. The van der Waals surface area contributed by atoms with Crippen LogP contribution in [0.3, 0.4) is 0 Å². The zero-order valence-corrected chi connectivity index (χ0v) is 13.4. The lowest BCUT2D eigenvalue weighted by molar-refractivity contribution is -0.126. The quantitative estimate of drug-likeness (QED) is 0.915. The zero-order valence-electron chi connectivity index (χ0n) is 13.4. The summed E-state index contributed by atoms with van der Waals surface area (Å²) in [7, 11) is 2.05. The molecular weight excluding hydrogens is 276 g/mol. The highest BCUT2D eigenvalue weighted by molar-refractivity contribution is 5.84. The van der Waals surface area contributed by atoms with Crippen LogP contribution >= 0.6 is 0 Å². The molecule has 5 heteroatoms. The van der Waals surface area contributed by atoms with Crippen LogP contribution in [0.5, 0.6) is 0 Å². The van der Waals surface area contributed by atoms with Gasteiger partial charge in [-0.2, -0.15) is 5.10 Å². The first-order valence-electron chi connectivity index (χ1n) is 8.07. The van der Waals surface area contributed by atoms with E-state index in [9.17, 15) is 4.79 Å². The van der Waals surface area contributed by atoms with E-state index in [2.05, 4.69) is 33.4 Å². The van der Waals surface area contributed by atoms with Gasteiger partial charge in [0.15, 0.2) is 0 Å². The number of hydrogen-bond acceptors (Lipinski definition) is 3. The first kappa shape index (κ1) is 15.0. The molecule has 1 aliphatic heterocycles. The number of aromatic amines is 1. The summed E-state index contributed by atoms with van der Waals surface area (Å²) in [5, 5.41) is 11.5. The number of hydrogen-bond donors (Lipinski definition) is 2. The number of likely N-dealkylation sites (N-methyl/N-ethyl adjacent to an activating group) is 1. The Bertz CT molecular complexity index is 664. The van der Waals surface area contributed by atoms with Crippen LogP contribution in [0.2, 0.25) is 0 Å². The fourth-order valence-corrected chi connectivity index (χ4v) is 3.19. The van der Waals surface area contributed by atoms with Gasteiger partial charge in [-0.3, -0.25) is 14.8 Å². The second-order valence-corrected chi connectivity index (χ2v) is 6.29. The average Bonchev–Trinajstić information content (AvgIpc) is 2.77. The second kappa shape index (κ2) is 6.48. The number of fused-ring (bicyclic) bond motifs is 1. The minimum atomic E-state index is -0.00146. The molecule has 2 N–H and O–H groups in total. The third-order valence-corrected chi connectivity index (χ3v) is 4.55. The molecule has 0 radical (unpaired) electrons. The summed E-state index contributed by atoms with van der Waals surface area (Å²) in [6.45, 7) is 3.57. The molecule has 3 rings (SSSR count). The van der Waals surface area contributed by atoms with E-state index < -0.39 is 0 Å². The molecule has 1 aromatic heterocycles. The summed E-state index contributed by atoms with van der Waals surface area (Å²) in [6.07, 6.45) is 4.49. The minimum absolute atomic E-state index is 0.00146. The van der Waals surface area contributed by atoms with Gasteiger partial charge in [0.25, 0.3) is 0 Å². The van der Waals surface area contributed by atoms with Crippen LogP contribution in [0.1, 0.15) is 36.9 Å². The van der Waals surface area contributed by atoms with Crippen molar-refractivity contribution in [2.24, 2.45) is 0 Å². The predicted molar refractivity (Wildman–Crippen MR) is 87.6 cm³/mol. The fourth-order valence-electron chi connectivity index (χ4n) is 3.19. The number of nitrogens with zero attached hydrogens (tertiary/aromatic N) is 2. The van der Waals surface area contributed by atoms with Gasteiger partial charge in [0.05, 0.1) is 23.8 Å². The highest BCUT2D eigenvalue weighted by Gasteiger charge is 2.24. The van der Waals surface area contributed by atoms with Gasteiger partial charge in [-0.15, -0.1) is 0 Å². The minimum Gasteiger partial charge on any atom is -0.349 e. The van der Waals surface area contributed by atoms with Crippen LogP contribution in [0.4, 0.5) is 0 Å². The second-order valence-electron chi connectivity index (χ2n) is 6.29. The highest BCUT2D eigenvalue weighted by Crippen LogP contribution is 2.18. The van der Waals surface area contributed by atoms with Gasteiger partial charge in [0, 0.05) is 5.39 Å². The van der Waals surface area contributed by atoms with Gasteiger partial charge in [-0.05, 0) is 45.5 Å². The molecular formula is C17H24N4O. The molecule has 118 valence electrons. The van der Waals surface area contributed by atoms with Crippen molar-refractivity contribution in [3.63, 3.8) is 0 Å². The van der Waals surface area contributed by atoms with Crippen LogP contribution in [-0.4, -0.2) is 40.6 Å². The first-order valence-corrected chi connectivity index (χ1v) is 8.07. The Morgan fingerprint density at radius 1 is 1.41 bits per heavy atom. The van der Waals surface area contributed by atoms with Gasteiger partial charge < -0.3 is 5.32 Å². The van der Waals surface area contributed by atoms with Crippen molar-refractivity contribution in [3.05, 3.63) is 29.5 Å². The van der Waals surface area contributed by atoms with Crippen LogP contribution < -0.4 is 5.32 Å². The van der Waals surface area contributed by atoms with E-state index in [4.69, 9.17) is 0 Å². The number of rotatable bonds is 3. The van der Waals surface area contributed by atoms with Crippen molar-refractivity contribution in [2.45, 2.75) is 45.2 Å². The van der Waals surface area contributed by atoms with E-state index in [-0.39, 0.29) is 11.9 Å². The van der Waals surface area contributed by atoms with Gasteiger partial charge in [0.2, 0.25) is 5.91 Å². The lowest BCUT2D eigenvalue weighted by Gasteiger charge is -2.24. The lowest BCUT2D eigenvalue weighted by atomic mass is 10.1. The predicted octanol–water partition coefficient (Wildman–Crippen LogP) is 2.36. The number of likely N-dealkylation sites (tertiary alicyclic amines) is 1. The fraction of sp³-hybridized carbons (Fsp3) is 0.529. The molecule has 1 aliphatic rings. The number of aryl methyl sites for hydroxylation is 1. The number of aromatic nitrogens is 2. The molecule has 0 aliphatic carbocycles. The number of amides is 1. The van der Waals surface area contributed by atoms with Gasteiger partial charge in [-0.25, -0.2) is 0 Å². The third kappa shape index (κ3) is 3.14. The SMILES string of the molecule is Cc1ccc2n[nH]c(CNC(=O)[C@@H]3CCCCCN3C)c2c1. The monoisotopic (exact) mass is 300 g/mol. The van der Waals surface area contributed by atoms with E-state index >= 15 is 0 Å². The Morgan fingerprint density at radius 2 is 2.27 bits per heavy atom. The maximum atomic E-state index is 12.5. The van der Waals surface area contributed by atoms with Gasteiger partial charge in [0.1, 0.15) is 0 Å². The van der Waals surface area contributed by atoms with E-state index in [0.717, 1.165) is 36.0 Å². The largest absolute Gasteiger partial charge is 0.349 e. The Labute approximate surface area is 131 Å². The molecule has 2 aromatic rings. The van der Waals surface area contributed by atoms with Crippen molar-refractivity contribution in [1.29, 1.82) is 0 Å². The molecule has 0 spiro atoms. The summed E-state index contributed by atoms with van der Waals surface area (Å²) in [5.74, 6) is 0.125. The molecule has 1 atom stereocenters. The molecule has 1 fully saturated rings. The van der Waals surface area contributed by atoms with Crippen molar-refractivity contribution >= 4 is 16.8 Å². The number of H-pyrrole nitrogens is 1. The molecule has 0 unspecified atom stereocenters. The van der Waals surface area contributed by atoms with Crippen LogP contribution in [0.25, 0.3) is 10.9 Å². The summed E-state index contributed by atoms with van der Waals surface area (Å²) >= 11 is 0. The first-order chi connectivity index (χ1) is 10.6. The van der Waals surface area contributed by atoms with Gasteiger partial charge >= 0.3 is 0 Å². The van der Waals surface area contributed by atoms with Crippen molar-refractivity contribution < 1.29 is 4.79 Å². The molecule has 22 heavy (non-hydrogen) atoms. The Hall–Kier alpha value is -1.88. The van der Waals surface area contributed by atoms with Crippen molar-refractivity contribution in [1.82, 2.24) is 20.4 Å². The van der Waals surface area contributed by atoms with Crippen LogP contribution in [0.15, 0.2) is 18.2 Å². The molecule has 2 heterocycles. The van der Waals surface area contributed by atoms with E-state index in [0.29, 0.717) is 6.54 Å². The summed E-state index contributed by atoms with van der Waals surface area (Å²) in [4.78, 5) is 14.7. The normalized spacial score (nSPS) is 20.0. The third-order valence-electron chi connectivity index (χ3n) is 4.55. The van der Waals surface area contributed by atoms with Crippen LogP contribution in [-0.2, 0) is 11.3 Å². The maximum Gasteiger partial charge on any atom is 0.237 e. The topological polar surface area (TPSA) is 61.0 Å². The number of benzene rings is 1. The Morgan fingerprint density at radius 3 is 3.14 bits per heavy atom. The number of nitrogens with one attached hydrogen (secondary N) is 2. The number of carbonyl (C=O) groups excluding carboxylic acids is 1. The van der Waals surface area contributed by atoms with Crippen LogP contribution in [0, 0.1) is 6.92 Å². The Kier molecular flexibility index (Phi) is 4.43.